The van der Waals surface area contributed by atoms with Crippen molar-refractivity contribution in [1.29, 1.82) is 0 Å². The molecule has 0 saturated carbocycles. The molecule has 2 aliphatic rings. The van der Waals surface area contributed by atoms with Gasteiger partial charge >= 0.3 is 0 Å². The summed E-state index contributed by atoms with van der Waals surface area (Å²) >= 11 is 0. The number of anilines is 2. The molecule has 164 valence electrons. The lowest BCUT2D eigenvalue weighted by molar-refractivity contribution is -0.116. The number of piperazine rings is 1. The Labute approximate surface area is 189 Å². The monoisotopic (exact) mass is 427 g/mol. The molecule has 0 spiro atoms. The predicted molar refractivity (Wildman–Crippen MR) is 130 cm³/mol. The van der Waals surface area contributed by atoms with Crippen LogP contribution in [0, 0.1) is 6.92 Å². The average Bonchev–Trinajstić information content (AvgIpc) is 3.15. The smallest absolute Gasteiger partial charge is 0.253 e. The van der Waals surface area contributed by atoms with Crippen molar-refractivity contribution in [2.24, 2.45) is 5.10 Å². The molecule has 32 heavy (non-hydrogen) atoms. The normalized spacial score (nSPS) is 17.3. The van der Waals surface area contributed by atoms with E-state index in [0.29, 0.717) is 6.42 Å². The van der Waals surface area contributed by atoms with Crippen molar-refractivity contribution < 1.29 is 4.79 Å². The van der Waals surface area contributed by atoms with E-state index in [1.807, 2.05) is 26.0 Å². The minimum Gasteiger partial charge on any atom is -0.368 e. The van der Waals surface area contributed by atoms with Gasteiger partial charge in [-0.05, 0) is 62.2 Å². The number of hydrazone groups is 1. The Hall–Kier alpha value is -3.25. The third-order valence-electron chi connectivity index (χ3n) is 6.35. The molecule has 1 aromatic heterocycles. The molecule has 5 rings (SSSR count). The Morgan fingerprint density at radius 3 is 2.53 bits per heavy atom. The summed E-state index contributed by atoms with van der Waals surface area (Å²) in [6.45, 7) is 9.08. The van der Waals surface area contributed by atoms with Crippen molar-refractivity contribution in [3.8, 4) is 0 Å². The minimum atomic E-state index is 0.0505. The lowest BCUT2D eigenvalue weighted by Crippen LogP contribution is -2.47. The van der Waals surface area contributed by atoms with Gasteiger partial charge in [0, 0.05) is 55.2 Å². The number of fused-ring (bicyclic) bond motifs is 1. The second-order valence-electron chi connectivity index (χ2n) is 8.76. The molecule has 0 N–H and O–H groups in total. The van der Waals surface area contributed by atoms with Gasteiger partial charge in [-0.1, -0.05) is 18.2 Å². The van der Waals surface area contributed by atoms with E-state index >= 15 is 0 Å². The molecule has 1 amide bonds. The van der Waals surface area contributed by atoms with Crippen LogP contribution in [0.4, 0.5) is 11.4 Å². The van der Waals surface area contributed by atoms with Gasteiger partial charge in [0.1, 0.15) is 0 Å². The van der Waals surface area contributed by atoms with Gasteiger partial charge in [0.25, 0.3) is 5.91 Å². The van der Waals surface area contributed by atoms with Gasteiger partial charge in [-0.15, -0.1) is 0 Å². The van der Waals surface area contributed by atoms with E-state index in [0.717, 1.165) is 61.8 Å². The average molecular weight is 428 g/mol. The highest BCUT2D eigenvalue weighted by Gasteiger charge is 2.23. The number of benzene rings is 2. The maximum absolute atomic E-state index is 12.1. The molecule has 1 fully saturated rings. The van der Waals surface area contributed by atoms with Crippen LogP contribution in [0.3, 0.4) is 0 Å². The fourth-order valence-corrected chi connectivity index (χ4v) is 4.62. The molecular weight excluding hydrogens is 398 g/mol. The van der Waals surface area contributed by atoms with E-state index < -0.39 is 0 Å². The third-order valence-corrected chi connectivity index (χ3v) is 6.35. The molecule has 0 aliphatic carbocycles. The van der Waals surface area contributed by atoms with Crippen LogP contribution in [0.5, 0.6) is 0 Å². The summed E-state index contributed by atoms with van der Waals surface area (Å²) < 4.78 is 0. The highest BCUT2D eigenvalue weighted by molar-refractivity contribution is 6.12. The van der Waals surface area contributed by atoms with Gasteiger partial charge in [0.2, 0.25) is 0 Å². The number of carbonyl (C=O) groups is 1. The van der Waals surface area contributed by atoms with Crippen LogP contribution < -0.4 is 9.91 Å². The molecule has 6 nitrogen and oxygen atoms in total. The number of carbonyl (C=O) groups excluding carboxylic acids is 1. The first-order valence-electron chi connectivity index (χ1n) is 11.4. The van der Waals surface area contributed by atoms with Crippen LogP contribution in [0.25, 0.3) is 10.9 Å². The standard InChI is InChI=1S/C26H29N5O/c1-19-9-10-23-24(27-19)7-4-8-25(23)30-15-13-29(14-16-30)12-11-21-5-3-6-22(18-21)31-26(32)17-20(2)28-31/h3-10,18H,11-17H2,1-2H3. The molecule has 0 bridgehead atoms. The molecule has 3 aromatic rings. The maximum Gasteiger partial charge on any atom is 0.253 e. The van der Waals surface area contributed by atoms with Gasteiger partial charge in [-0.3, -0.25) is 14.7 Å². The summed E-state index contributed by atoms with van der Waals surface area (Å²) in [5.74, 6) is 0.0505. The Kier molecular flexibility index (Phi) is 5.62. The lowest BCUT2D eigenvalue weighted by Gasteiger charge is -2.36. The number of rotatable bonds is 5. The number of hydrogen-bond acceptors (Lipinski definition) is 5. The molecule has 6 heteroatoms. The summed E-state index contributed by atoms with van der Waals surface area (Å²) in [4.78, 5) is 21.8. The van der Waals surface area contributed by atoms with Crippen LogP contribution in [0.2, 0.25) is 0 Å². The van der Waals surface area contributed by atoms with Crippen LogP contribution >= 0.6 is 0 Å². The predicted octanol–water partition coefficient (Wildman–Crippen LogP) is 4.02. The van der Waals surface area contributed by atoms with E-state index in [1.165, 1.54) is 21.6 Å². The zero-order chi connectivity index (χ0) is 22.1. The van der Waals surface area contributed by atoms with Gasteiger partial charge in [-0.2, -0.15) is 5.10 Å². The van der Waals surface area contributed by atoms with Gasteiger partial charge in [0.05, 0.1) is 17.6 Å². The highest BCUT2D eigenvalue weighted by atomic mass is 16.2. The minimum absolute atomic E-state index is 0.0505. The Balaban J connectivity index is 1.20. The molecule has 0 atom stereocenters. The molecule has 3 heterocycles. The Morgan fingerprint density at radius 1 is 0.938 bits per heavy atom. The second kappa shape index (κ2) is 8.71. The number of aryl methyl sites for hydroxylation is 1. The number of amides is 1. The van der Waals surface area contributed by atoms with E-state index in [1.54, 1.807) is 0 Å². The van der Waals surface area contributed by atoms with Gasteiger partial charge in [0.15, 0.2) is 0 Å². The summed E-state index contributed by atoms with van der Waals surface area (Å²) in [5, 5.41) is 7.15. The Bertz CT molecular complexity index is 1180. The van der Waals surface area contributed by atoms with Crippen molar-refractivity contribution in [3.05, 3.63) is 65.9 Å². The fourth-order valence-electron chi connectivity index (χ4n) is 4.62. The third kappa shape index (κ3) is 4.23. The zero-order valence-electron chi connectivity index (χ0n) is 18.8. The Morgan fingerprint density at radius 2 is 1.75 bits per heavy atom. The first-order chi connectivity index (χ1) is 15.6. The lowest BCUT2D eigenvalue weighted by atomic mass is 10.1. The van der Waals surface area contributed by atoms with Crippen LogP contribution in [0.15, 0.2) is 59.7 Å². The zero-order valence-corrected chi connectivity index (χ0v) is 18.8. The van der Waals surface area contributed by atoms with Crippen LogP contribution in [-0.4, -0.2) is 54.2 Å². The second-order valence-corrected chi connectivity index (χ2v) is 8.76. The number of hydrogen-bond donors (Lipinski definition) is 0. The quantitative estimate of drug-likeness (QED) is 0.617. The van der Waals surface area contributed by atoms with Crippen molar-refractivity contribution >= 4 is 33.9 Å². The van der Waals surface area contributed by atoms with E-state index in [2.05, 4.69) is 62.3 Å². The van der Waals surface area contributed by atoms with E-state index in [9.17, 15) is 4.79 Å². The molecule has 2 aromatic carbocycles. The molecule has 1 saturated heterocycles. The maximum atomic E-state index is 12.1. The number of aromatic nitrogens is 1. The SMILES string of the molecule is CC1=NN(c2cccc(CCN3CCN(c4cccc5nc(C)ccc45)CC3)c2)C(=O)C1. The number of nitrogens with zero attached hydrogens (tertiary/aromatic N) is 5. The van der Waals surface area contributed by atoms with Gasteiger partial charge < -0.3 is 4.90 Å². The summed E-state index contributed by atoms with van der Waals surface area (Å²) in [6.07, 6.45) is 1.39. The first kappa shape index (κ1) is 20.6. The van der Waals surface area contributed by atoms with Gasteiger partial charge in [-0.25, -0.2) is 5.01 Å². The van der Waals surface area contributed by atoms with Crippen LogP contribution in [-0.2, 0) is 11.2 Å². The summed E-state index contributed by atoms with van der Waals surface area (Å²) in [7, 11) is 0. The molecule has 0 radical (unpaired) electrons. The van der Waals surface area contributed by atoms with Crippen LogP contribution in [0.1, 0.15) is 24.6 Å². The number of pyridine rings is 1. The first-order valence-corrected chi connectivity index (χ1v) is 11.4. The topological polar surface area (TPSA) is 52.0 Å². The van der Waals surface area contributed by atoms with Crippen molar-refractivity contribution in [2.45, 2.75) is 26.7 Å². The highest BCUT2D eigenvalue weighted by Crippen LogP contribution is 2.27. The molecule has 0 unspecified atom stereocenters. The fraction of sp³-hybridized carbons (Fsp3) is 0.346. The van der Waals surface area contributed by atoms with E-state index in [-0.39, 0.29) is 5.91 Å². The van der Waals surface area contributed by atoms with Crippen molar-refractivity contribution in [2.75, 3.05) is 42.6 Å². The van der Waals surface area contributed by atoms with E-state index in [4.69, 9.17) is 0 Å². The van der Waals surface area contributed by atoms with Crippen molar-refractivity contribution in [1.82, 2.24) is 9.88 Å². The van der Waals surface area contributed by atoms with Crippen molar-refractivity contribution in [3.63, 3.8) is 0 Å². The largest absolute Gasteiger partial charge is 0.368 e. The molecular formula is C26H29N5O. The molecule has 2 aliphatic heterocycles. The summed E-state index contributed by atoms with van der Waals surface area (Å²) in [6, 6.07) is 18.9. The summed E-state index contributed by atoms with van der Waals surface area (Å²) in [5.41, 5.74) is 6.39.